The van der Waals surface area contributed by atoms with E-state index in [0.717, 1.165) is 34.1 Å². The summed E-state index contributed by atoms with van der Waals surface area (Å²) in [4.78, 5) is 12.1. The van der Waals surface area contributed by atoms with E-state index in [1.807, 2.05) is 63.2 Å². The van der Waals surface area contributed by atoms with E-state index in [0.29, 0.717) is 19.0 Å². The lowest BCUT2D eigenvalue weighted by Crippen LogP contribution is -2.16. The molecule has 0 unspecified atom stereocenters. The average molecular weight is 359 g/mol. The van der Waals surface area contributed by atoms with Gasteiger partial charge in [-0.1, -0.05) is 18.2 Å². The van der Waals surface area contributed by atoms with Gasteiger partial charge in [0.05, 0.1) is 19.0 Å². The predicted octanol–water partition coefficient (Wildman–Crippen LogP) is 4.45. The zero-order chi connectivity index (χ0) is 18.1. The maximum Gasteiger partial charge on any atom is 0.234 e. The van der Waals surface area contributed by atoms with E-state index in [4.69, 9.17) is 9.47 Å². The number of nitrogens with one attached hydrogen (secondary N) is 1. The van der Waals surface area contributed by atoms with Crippen LogP contribution in [0.15, 0.2) is 42.5 Å². The number of hydrogen-bond donors (Lipinski definition) is 1. The minimum atomic E-state index is 0.0171. The Morgan fingerprint density at radius 2 is 1.60 bits per heavy atom. The Balaban J connectivity index is 1.66. The Labute approximate surface area is 153 Å². The number of carbonyl (C=O) groups excluding carboxylic acids is 1. The van der Waals surface area contributed by atoms with E-state index in [1.54, 1.807) is 11.8 Å². The van der Waals surface area contributed by atoms with E-state index in [2.05, 4.69) is 5.32 Å². The molecule has 1 amide bonds. The highest BCUT2D eigenvalue weighted by molar-refractivity contribution is 7.99. The highest BCUT2D eigenvalue weighted by Gasteiger charge is 2.07. The van der Waals surface area contributed by atoms with Crippen molar-refractivity contribution >= 4 is 23.4 Å². The van der Waals surface area contributed by atoms with Gasteiger partial charge in [-0.05, 0) is 56.2 Å². The van der Waals surface area contributed by atoms with Crippen molar-refractivity contribution in [1.82, 2.24) is 0 Å². The molecule has 0 spiro atoms. The summed E-state index contributed by atoms with van der Waals surface area (Å²) >= 11 is 1.56. The second-order valence-electron chi connectivity index (χ2n) is 5.62. The molecule has 0 atom stereocenters. The molecule has 4 nitrogen and oxygen atoms in total. The molecule has 0 heterocycles. The van der Waals surface area contributed by atoms with Crippen molar-refractivity contribution in [3.8, 4) is 11.5 Å². The summed E-state index contributed by atoms with van der Waals surface area (Å²) < 4.78 is 11.1. The van der Waals surface area contributed by atoms with E-state index in [1.165, 1.54) is 0 Å². The molecular weight excluding hydrogens is 334 g/mol. The molecule has 5 heteroatoms. The van der Waals surface area contributed by atoms with Crippen LogP contribution in [0.5, 0.6) is 11.5 Å². The number of carbonyl (C=O) groups is 1. The third-order valence-electron chi connectivity index (χ3n) is 3.61. The van der Waals surface area contributed by atoms with Crippen molar-refractivity contribution in [3.05, 3.63) is 53.6 Å². The molecule has 0 fully saturated rings. The Bertz CT molecular complexity index is 666. The summed E-state index contributed by atoms with van der Waals surface area (Å²) in [6.45, 7) is 7.18. The predicted molar refractivity (Wildman–Crippen MR) is 105 cm³/mol. The Morgan fingerprint density at radius 3 is 2.20 bits per heavy atom. The molecule has 1 N–H and O–H groups in total. The molecule has 0 aliphatic heterocycles. The van der Waals surface area contributed by atoms with Crippen LogP contribution in [-0.4, -0.2) is 30.6 Å². The van der Waals surface area contributed by atoms with Crippen molar-refractivity contribution in [2.45, 2.75) is 20.8 Å². The monoisotopic (exact) mass is 359 g/mol. The molecule has 25 heavy (non-hydrogen) atoms. The molecule has 0 radical (unpaired) electrons. The smallest absolute Gasteiger partial charge is 0.234 e. The number of hydrogen-bond acceptors (Lipinski definition) is 4. The summed E-state index contributed by atoms with van der Waals surface area (Å²) in [6.07, 6.45) is 0. The third-order valence-corrected chi connectivity index (χ3v) is 4.53. The van der Waals surface area contributed by atoms with Crippen molar-refractivity contribution in [2.24, 2.45) is 0 Å². The van der Waals surface area contributed by atoms with E-state index < -0.39 is 0 Å². The lowest BCUT2D eigenvalue weighted by molar-refractivity contribution is -0.113. The fourth-order valence-corrected chi connectivity index (χ4v) is 2.97. The van der Waals surface area contributed by atoms with Crippen molar-refractivity contribution < 1.29 is 14.3 Å². The number of ether oxygens (including phenoxy) is 2. The van der Waals surface area contributed by atoms with Crippen molar-refractivity contribution in [1.29, 1.82) is 0 Å². The topological polar surface area (TPSA) is 47.6 Å². The summed E-state index contributed by atoms with van der Waals surface area (Å²) in [5.41, 5.74) is 3.08. The highest BCUT2D eigenvalue weighted by atomic mass is 32.2. The van der Waals surface area contributed by atoms with Gasteiger partial charge in [-0.3, -0.25) is 4.79 Å². The van der Waals surface area contributed by atoms with Gasteiger partial charge in [-0.25, -0.2) is 0 Å². The molecule has 134 valence electrons. The third kappa shape index (κ3) is 6.35. The van der Waals surface area contributed by atoms with Gasteiger partial charge < -0.3 is 14.8 Å². The summed E-state index contributed by atoms with van der Waals surface area (Å²) in [6, 6.07) is 13.6. The molecule has 0 aromatic heterocycles. The molecule has 0 bridgehead atoms. The van der Waals surface area contributed by atoms with Crippen LogP contribution in [0.3, 0.4) is 0 Å². The second-order valence-corrected chi connectivity index (χ2v) is 6.73. The van der Waals surface area contributed by atoms with Gasteiger partial charge in [0.1, 0.15) is 11.5 Å². The largest absolute Gasteiger partial charge is 0.494 e. The zero-order valence-electron chi connectivity index (χ0n) is 15.0. The molecule has 0 saturated heterocycles. The van der Waals surface area contributed by atoms with Gasteiger partial charge in [-0.15, -0.1) is 11.8 Å². The van der Waals surface area contributed by atoms with Gasteiger partial charge in [0.25, 0.3) is 0 Å². The van der Waals surface area contributed by atoms with Crippen molar-refractivity contribution in [2.75, 3.05) is 30.0 Å². The quantitative estimate of drug-likeness (QED) is 0.672. The van der Waals surface area contributed by atoms with Crippen molar-refractivity contribution in [3.63, 3.8) is 0 Å². The Morgan fingerprint density at radius 1 is 1.00 bits per heavy atom. The fraction of sp³-hybridized carbons (Fsp3) is 0.350. The van der Waals surface area contributed by atoms with Crippen LogP contribution in [0.1, 0.15) is 18.1 Å². The Hall–Kier alpha value is -2.14. The minimum absolute atomic E-state index is 0.0171. The molecule has 2 aromatic carbocycles. The number of para-hydroxylation sites is 1. The lowest BCUT2D eigenvalue weighted by atomic mass is 10.1. The van der Waals surface area contributed by atoms with Crippen LogP contribution in [0.2, 0.25) is 0 Å². The molecule has 0 aliphatic carbocycles. The first-order valence-corrected chi connectivity index (χ1v) is 9.55. The number of benzene rings is 2. The molecule has 2 rings (SSSR count). The lowest BCUT2D eigenvalue weighted by Gasteiger charge is -2.11. The van der Waals surface area contributed by atoms with E-state index in [-0.39, 0.29) is 5.91 Å². The number of aryl methyl sites for hydroxylation is 2. The number of rotatable bonds is 9. The van der Waals surface area contributed by atoms with Gasteiger partial charge >= 0.3 is 0 Å². The molecule has 2 aromatic rings. The standard InChI is InChI=1S/C20H25NO3S/c1-4-23-17-8-10-18(11-9-17)24-12-13-25-14-19(22)21-20-15(2)6-5-7-16(20)3/h5-11H,4,12-14H2,1-3H3,(H,21,22). The maximum atomic E-state index is 12.1. The normalized spacial score (nSPS) is 10.4. The van der Waals surface area contributed by atoms with Gasteiger partial charge in [0.2, 0.25) is 5.91 Å². The van der Waals surface area contributed by atoms with Crippen LogP contribution in [0.25, 0.3) is 0 Å². The van der Waals surface area contributed by atoms with Crippen LogP contribution in [0, 0.1) is 13.8 Å². The number of amides is 1. The zero-order valence-corrected chi connectivity index (χ0v) is 15.8. The van der Waals surface area contributed by atoms with Crippen LogP contribution >= 0.6 is 11.8 Å². The first-order valence-electron chi connectivity index (χ1n) is 8.39. The number of thioether (sulfide) groups is 1. The molecule has 0 saturated carbocycles. The van der Waals surface area contributed by atoms with Gasteiger partial charge in [0.15, 0.2) is 0 Å². The summed E-state index contributed by atoms with van der Waals surface area (Å²) in [5.74, 6) is 2.84. The Kier molecular flexibility index (Phi) is 7.67. The molecular formula is C20H25NO3S. The highest BCUT2D eigenvalue weighted by Crippen LogP contribution is 2.20. The van der Waals surface area contributed by atoms with E-state index >= 15 is 0 Å². The first-order chi connectivity index (χ1) is 12.1. The SMILES string of the molecule is CCOc1ccc(OCCSCC(=O)Nc2c(C)cccc2C)cc1. The minimum Gasteiger partial charge on any atom is -0.494 e. The maximum absolute atomic E-state index is 12.1. The van der Waals surface area contributed by atoms with Crippen LogP contribution in [0.4, 0.5) is 5.69 Å². The fourth-order valence-electron chi connectivity index (χ4n) is 2.37. The first kappa shape index (κ1) is 19.2. The van der Waals surface area contributed by atoms with Gasteiger partial charge in [0, 0.05) is 11.4 Å². The van der Waals surface area contributed by atoms with Crippen LogP contribution in [-0.2, 0) is 4.79 Å². The van der Waals surface area contributed by atoms with Gasteiger partial charge in [-0.2, -0.15) is 0 Å². The average Bonchev–Trinajstić information content (AvgIpc) is 2.60. The number of anilines is 1. The molecule has 0 aliphatic rings. The second kappa shape index (κ2) is 9.99. The van der Waals surface area contributed by atoms with Crippen LogP contribution < -0.4 is 14.8 Å². The summed E-state index contributed by atoms with van der Waals surface area (Å²) in [7, 11) is 0. The summed E-state index contributed by atoms with van der Waals surface area (Å²) in [5, 5.41) is 2.99. The van der Waals surface area contributed by atoms with E-state index in [9.17, 15) is 4.79 Å².